The molecule has 3 rings (SSSR count). The van der Waals surface area contributed by atoms with Crippen LogP contribution in [0.5, 0.6) is 11.5 Å². The van der Waals surface area contributed by atoms with E-state index in [1.165, 1.54) is 19.4 Å². The van der Waals surface area contributed by atoms with Crippen molar-refractivity contribution in [2.45, 2.75) is 0 Å². The molecule has 0 radical (unpaired) electrons. The average molecular weight is 298 g/mol. The van der Waals surface area contributed by atoms with Gasteiger partial charge >= 0.3 is 0 Å². The van der Waals surface area contributed by atoms with Crippen molar-refractivity contribution in [3.8, 4) is 22.6 Å². The topological polar surface area (TPSA) is 68.9 Å². The van der Waals surface area contributed by atoms with Gasteiger partial charge in [0.05, 0.1) is 5.56 Å². The highest BCUT2D eigenvalue weighted by Crippen LogP contribution is 2.30. The Kier molecular flexibility index (Phi) is 3.80. The second-order valence-corrected chi connectivity index (χ2v) is 4.71. The predicted molar refractivity (Wildman–Crippen MR) is 82.1 cm³/mol. The first-order chi connectivity index (χ1) is 10.7. The lowest BCUT2D eigenvalue weighted by atomic mass is 10.1. The van der Waals surface area contributed by atoms with Gasteiger partial charge < -0.3 is 19.0 Å². The highest BCUT2D eigenvalue weighted by molar-refractivity contribution is 5.88. The van der Waals surface area contributed by atoms with Crippen molar-refractivity contribution in [1.82, 2.24) is 0 Å². The van der Waals surface area contributed by atoms with Crippen LogP contribution in [0.25, 0.3) is 22.1 Å². The zero-order valence-corrected chi connectivity index (χ0v) is 11.9. The quantitative estimate of drug-likeness (QED) is 0.749. The fourth-order valence-electron chi connectivity index (χ4n) is 2.24. The second kappa shape index (κ2) is 5.91. The Hall–Kier alpha value is -2.79. The van der Waals surface area contributed by atoms with Crippen LogP contribution in [0.1, 0.15) is 0 Å². The summed E-state index contributed by atoms with van der Waals surface area (Å²) in [6.07, 6.45) is 1.39. The summed E-state index contributed by atoms with van der Waals surface area (Å²) in [5, 5.41) is 10.3. The molecule has 0 saturated heterocycles. The molecule has 0 unspecified atom stereocenters. The van der Waals surface area contributed by atoms with Crippen LogP contribution < -0.4 is 10.2 Å². The van der Waals surface area contributed by atoms with Crippen molar-refractivity contribution < 1.29 is 19.0 Å². The molecule has 0 saturated carbocycles. The Morgan fingerprint density at radius 3 is 2.68 bits per heavy atom. The number of phenolic OH excluding ortho intramolecular Hbond substituents is 1. The van der Waals surface area contributed by atoms with Gasteiger partial charge in [-0.3, -0.25) is 4.79 Å². The first-order valence-corrected chi connectivity index (χ1v) is 6.66. The van der Waals surface area contributed by atoms with Gasteiger partial charge in [0.2, 0.25) is 5.43 Å². The van der Waals surface area contributed by atoms with E-state index >= 15 is 0 Å². The maximum Gasteiger partial charge on any atom is 0.204 e. The smallest absolute Gasteiger partial charge is 0.204 e. The Bertz CT molecular complexity index is 852. The zero-order valence-electron chi connectivity index (χ0n) is 11.9. The fourth-order valence-corrected chi connectivity index (χ4v) is 2.24. The number of benzene rings is 2. The van der Waals surface area contributed by atoms with Crippen LogP contribution in [0.3, 0.4) is 0 Å². The van der Waals surface area contributed by atoms with Gasteiger partial charge in [-0.1, -0.05) is 30.3 Å². The molecule has 5 nitrogen and oxygen atoms in total. The van der Waals surface area contributed by atoms with Crippen LogP contribution in [0.2, 0.25) is 0 Å². The SMILES string of the molecule is COCOc1cc(O)c2c(=O)c(-c3ccccc3)coc2c1. The van der Waals surface area contributed by atoms with Crippen molar-refractivity contribution in [2.24, 2.45) is 0 Å². The molecule has 1 N–H and O–H groups in total. The number of rotatable bonds is 4. The van der Waals surface area contributed by atoms with Gasteiger partial charge in [0, 0.05) is 19.2 Å². The lowest BCUT2D eigenvalue weighted by molar-refractivity contribution is 0.0510. The summed E-state index contributed by atoms with van der Waals surface area (Å²) in [6.45, 7) is 0.0390. The van der Waals surface area contributed by atoms with Crippen molar-refractivity contribution >= 4 is 11.0 Å². The third kappa shape index (κ3) is 2.54. The molecule has 112 valence electrons. The van der Waals surface area contributed by atoms with E-state index in [-0.39, 0.29) is 28.9 Å². The van der Waals surface area contributed by atoms with E-state index in [1.54, 1.807) is 6.07 Å². The summed E-state index contributed by atoms with van der Waals surface area (Å²) >= 11 is 0. The van der Waals surface area contributed by atoms with Gasteiger partial charge in [0.15, 0.2) is 6.79 Å². The lowest BCUT2D eigenvalue weighted by Crippen LogP contribution is -2.06. The molecule has 3 aromatic rings. The molecule has 0 aliphatic heterocycles. The monoisotopic (exact) mass is 298 g/mol. The number of aromatic hydroxyl groups is 1. The Labute approximate surface area is 126 Å². The summed E-state index contributed by atoms with van der Waals surface area (Å²) in [5.74, 6) is 0.178. The first-order valence-electron chi connectivity index (χ1n) is 6.66. The second-order valence-electron chi connectivity index (χ2n) is 4.71. The molecular formula is C17H14O5. The van der Waals surface area contributed by atoms with Gasteiger partial charge in [-0.05, 0) is 5.56 Å². The number of hydrogen-bond donors (Lipinski definition) is 1. The van der Waals surface area contributed by atoms with E-state index in [2.05, 4.69) is 0 Å². The highest BCUT2D eigenvalue weighted by Gasteiger charge is 2.14. The molecule has 0 aliphatic rings. The molecule has 0 aliphatic carbocycles. The molecule has 1 aromatic heterocycles. The lowest BCUT2D eigenvalue weighted by Gasteiger charge is -2.08. The van der Waals surface area contributed by atoms with Crippen molar-refractivity contribution in [3.05, 3.63) is 59.0 Å². The van der Waals surface area contributed by atoms with Gasteiger partial charge in [-0.2, -0.15) is 0 Å². The van der Waals surface area contributed by atoms with Crippen LogP contribution in [-0.4, -0.2) is 19.0 Å². The first kappa shape index (κ1) is 14.2. The van der Waals surface area contributed by atoms with Gasteiger partial charge in [0.1, 0.15) is 28.7 Å². The third-order valence-corrected chi connectivity index (χ3v) is 3.26. The maximum atomic E-state index is 12.6. The Morgan fingerprint density at radius 2 is 1.95 bits per heavy atom. The molecule has 5 heteroatoms. The molecule has 1 heterocycles. The van der Waals surface area contributed by atoms with Crippen molar-refractivity contribution in [1.29, 1.82) is 0 Å². The van der Waals surface area contributed by atoms with E-state index in [9.17, 15) is 9.90 Å². The largest absolute Gasteiger partial charge is 0.507 e. The normalized spacial score (nSPS) is 10.8. The Morgan fingerprint density at radius 1 is 1.18 bits per heavy atom. The molecule has 0 atom stereocenters. The van der Waals surface area contributed by atoms with Crippen LogP contribution in [0, 0.1) is 0 Å². The summed E-state index contributed by atoms with van der Waals surface area (Å²) in [6, 6.07) is 12.1. The maximum absolute atomic E-state index is 12.6. The summed E-state index contributed by atoms with van der Waals surface area (Å²) in [7, 11) is 1.49. The molecule has 2 aromatic carbocycles. The average Bonchev–Trinajstić information content (AvgIpc) is 2.53. The van der Waals surface area contributed by atoms with Crippen LogP contribution in [0.15, 0.2) is 57.9 Å². The minimum Gasteiger partial charge on any atom is -0.507 e. The van der Waals surface area contributed by atoms with E-state index in [1.807, 2.05) is 30.3 Å². The standard InChI is InChI=1S/C17H14O5/c1-20-10-22-12-7-14(18)16-15(8-12)21-9-13(17(16)19)11-5-3-2-4-6-11/h2-9,18H,10H2,1H3. The molecule has 0 spiro atoms. The molecule has 22 heavy (non-hydrogen) atoms. The van der Waals surface area contributed by atoms with E-state index in [0.29, 0.717) is 11.3 Å². The number of hydrogen-bond acceptors (Lipinski definition) is 5. The number of ether oxygens (including phenoxy) is 2. The molecule has 0 amide bonds. The molecule has 0 bridgehead atoms. The summed E-state index contributed by atoms with van der Waals surface area (Å²) in [5.41, 5.74) is 1.10. The van der Waals surface area contributed by atoms with Crippen LogP contribution in [0.4, 0.5) is 0 Å². The highest BCUT2D eigenvalue weighted by atomic mass is 16.7. The van der Waals surface area contributed by atoms with Gasteiger partial charge in [0.25, 0.3) is 0 Å². The minimum atomic E-state index is -0.289. The molecular weight excluding hydrogens is 284 g/mol. The number of fused-ring (bicyclic) bond motifs is 1. The van der Waals surface area contributed by atoms with Crippen molar-refractivity contribution in [2.75, 3.05) is 13.9 Å². The van der Waals surface area contributed by atoms with Gasteiger partial charge in [-0.15, -0.1) is 0 Å². The summed E-state index contributed by atoms with van der Waals surface area (Å²) in [4.78, 5) is 12.6. The van der Waals surface area contributed by atoms with E-state index < -0.39 is 0 Å². The minimum absolute atomic E-state index is 0.0390. The van der Waals surface area contributed by atoms with Gasteiger partial charge in [-0.25, -0.2) is 0 Å². The number of phenols is 1. The number of methoxy groups -OCH3 is 1. The fraction of sp³-hybridized carbons (Fsp3) is 0.118. The van der Waals surface area contributed by atoms with E-state index in [4.69, 9.17) is 13.9 Å². The predicted octanol–water partition coefficient (Wildman–Crippen LogP) is 3.15. The van der Waals surface area contributed by atoms with Crippen LogP contribution in [-0.2, 0) is 4.74 Å². The van der Waals surface area contributed by atoms with E-state index in [0.717, 1.165) is 5.56 Å². The summed E-state index contributed by atoms with van der Waals surface area (Å²) < 4.78 is 15.6. The Balaban J connectivity index is 2.16. The zero-order chi connectivity index (χ0) is 15.5. The third-order valence-electron chi connectivity index (χ3n) is 3.26. The van der Waals surface area contributed by atoms with Crippen molar-refractivity contribution in [3.63, 3.8) is 0 Å². The van der Waals surface area contributed by atoms with Crippen LogP contribution >= 0.6 is 0 Å². The molecule has 0 fully saturated rings.